The normalized spacial score (nSPS) is 25.9. The molecular formula is C14H26N2O2. The minimum Gasteiger partial charge on any atom is -0.391 e. The molecular weight excluding hydrogens is 228 g/mol. The molecule has 1 amide bonds. The van der Waals surface area contributed by atoms with Gasteiger partial charge in [-0.15, -0.1) is 0 Å². The van der Waals surface area contributed by atoms with Crippen molar-refractivity contribution in [2.75, 3.05) is 6.54 Å². The Morgan fingerprint density at radius 2 is 1.83 bits per heavy atom. The molecule has 4 N–H and O–H groups in total. The van der Waals surface area contributed by atoms with E-state index < -0.39 is 11.6 Å². The van der Waals surface area contributed by atoms with Crippen molar-refractivity contribution in [1.29, 1.82) is 0 Å². The van der Waals surface area contributed by atoms with E-state index in [1.807, 2.05) is 0 Å². The van der Waals surface area contributed by atoms with Crippen LogP contribution in [-0.4, -0.2) is 29.2 Å². The number of hydrogen-bond donors (Lipinski definition) is 3. The van der Waals surface area contributed by atoms with Gasteiger partial charge in [-0.1, -0.05) is 32.1 Å². The van der Waals surface area contributed by atoms with Gasteiger partial charge in [-0.05, 0) is 31.6 Å². The average Bonchev–Trinajstić information content (AvgIpc) is 2.85. The molecule has 0 aromatic heterocycles. The summed E-state index contributed by atoms with van der Waals surface area (Å²) >= 11 is 0. The van der Waals surface area contributed by atoms with Gasteiger partial charge in [0, 0.05) is 6.54 Å². The van der Waals surface area contributed by atoms with Crippen LogP contribution in [0.15, 0.2) is 0 Å². The fourth-order valence-corrected chi connectivity index (χ4v) is 3.29. The lowest BCUT2D eigenvalue weighted by atomic mass is 9.85. The van der Waals surface area contributed by atoms with Crippen LogP contribution < -0.4 is 11.1 Å². The quantitative estimate of drug-likeness (QED) is 0.708. The second-order valence-electron chi connectivity index (χ2n) is 6.04. The van der Waals surface area contributed by atoms with Crippen molar-refractivity contribution in [3.8, 4) is 0 Å². The van der Waals surface area contributed by atoms with E-state index in [0.29, 0.717) is 12.5 Å². The fraction of sp³-hybridized carbons (Fsp3) is 0.929. The first-order valence-corrected chi connectivity index (χ1v) is 7.37. The Bertz CT molecular complexity index is 282. The van der Waals surface area contributed by atoms with Gasteiger partial charge < -0.3 is 16.2 Å². The molecule has 2 aliphatic carbocycles. The lowest BCUT2D eigenvalue weighted by Gasteiger charge is -2.28. The van der Waals surface area contributed by atoms with E-state index >= 15 is 0 Å². The van der Waals surface area contributed by atoms with Crippen LogP contribution in [0.25, 0.3) is 0 Å². The predicted molar refractivity (Wildman–Crippen MR) is 71.0 cm³/mol. The third-order valence-electron chi connectivity index (χ3n) is 4.61. The van der Waals surface area contributed by atoms with E-state index in [9.17, 15) is 9.90 Å². The summed E-state index contributed by atoms with van der Waals surface area (Å²) < 4.78 is 0. The smallest absolute Gasteiger partial charge is 0.240 e. The first kappa shape index (κ1) is 13.8. The van der Waals surface area contributed by atoms with E-state index in [1.165, 1.54) is 19.3 Å². The topological polar surface area (TPSA) is 75.4 Å². The summed E-state index contributed by atoms with van der Waals surface area (Å²) in [5.41, 5.74) is 5.40. The second kappa shape index (κ2) is 6.02. The molecule has 0 bridgehead atoms. The van der Waals surface area contributed by atoms with Crippen LogP contribution in [0.1, 0.15) is 57.8 Å². The molecule has 0 aromatic carbocycles. The highest BCUT2D eigenvalue weighted by atomic mass is 16.3. The third kappa shape index (κ3) is 3.23. The Balaban J connectivity index is 1.74. The van der Waals surface area contributed by atoms with Crippen LogP contribution in [0.5, 0.6) is 0 Å². The van der Waals surface area contributed by atoms with Gasteiger partial charge >= 0.3 is 0 Å². The van der Waals surface area contributed by atoms with Crippen molar-refractivity contribution in [3.05, 3.63) is 0 Å². The summed E-state index contributed by atoms with van der Waals surface area (Å²) in [6, 6.07) is 0. The summed E-state index contributed by atoms with van der Waals surface area (Å²) in [4.78, 5) is 12.0. The van der Waals surface area contributed by atoms with Crippen molar-refractivity contribution in [2.24, 2.45) is 11.7 Å². The van der Waals surface area contributed by atoms with Crippen LogP contribution in [0.2, 0.25) is 0 Å². The second-order valence-corrected chi connectivity index (χ2v) is 6.04. The zero-order valence-corrected chi connectivity index (χ0v) is 11.2. The standard InChI is InChI=1S/C14H26N2O2/c15-14(8-4-5-9-14)13(18)16-10-12(17)11-6-2-1-3-7-11/h11-12,17H,1-10,15H2,(H,16,18). The minimum atomic E-state index is -0.674. The van der Waals surface area contributed by atoms with Gasteiger partial charge in [0.1, 0.15) is 0 Å². The lowest BCUT2D eigenvalue weighted by Crippen LogP contribution is -2.53. The van der Waals surface area contributed by atoms with Crippen molar-refractivity contribution in [2.45, 2.75) is 69.4 Å². The molecule has 2 saturated carbocycles. The van der Waals surface area contributed by atoms with E-state index in [1.54, 1.807) is 0 Å². The Kier molecular flexibility index (Phi) is 4.62. The van der Waals surface area contributed by atoms with Gasteiger partial charge in [-0.2, -0.15) is 0 Å². The molecule has 4 nitrogen and oxygen atoms in total. The molecule has 0 radical (unpaired) electrons. The van der Waals surface area contributed by atoms with Gasteiger partial charge in [0.2, 0.25) is 5.91 Å². The monoisotopic (exact) mass is 254 g/mol. The summed E-state index contributed by atoms with van der Waals surface area (Å²) in [7, 11) is 0. The van der Waals surface area contributed by atoms with Gasteiger partial charge in [0.25, 0.3) is 0 Å². The lowest BCUT2D eigenvalue weighted by molar-refractivity contribution is -0.126. The molecule has 1 atom stereocenters. The van der Waals surface area contributed by atoms with Crippen LogP contribution in [0.3, 0.4) is 0 Å². The Hall–Kier alpha value is -0.610. The highest BCUT2D eigenvalue weighted by molar-refractivity contribution is 5.86. The number of nitrogens with one attached hydrogen (secondary N) is 1. The number of amides is 1. The summed E-state index contributed by atoms with van der Waals surface area (Å²) in [5, 5.41) is 12.9. The molecule has 0 aliphatic heterocycles. The number of carbonyl (C=O) groups is 1. The van der Waals surface area contributed by atoms with Crippen molar-refractivity contribution >= 4 is 5.91 Å². The number of aliphatic hydroxyl groups excluding tert-OH is 1. The van der Waals surface area contributed by atoms with Crippen LogP contribution in [0.4, 0.5) is 0 Å². The van der Waals surface area contributed by atoms with E-state index in [4.69, 9.17) is 5.73 Å². The van der Waals surface area contributed by atoms with Gasteiger partial charge in [0.05, 0.1) is 11.6 Å². The highest BCUT2D eigenvalue weighted by Gasteiger charge is 2.37. The molecule has 0 saturated heterocycles. The average molecular weight is 254 g/mol. The molecule has 18 heavy (non-hydrogen) atoms. The van der Waals surface area contributed by atoms with Gasteiger partial charge in [0.15, 0.2) is 0 Å². The molecule has 2 aliphatic rings. The van der Waals surface area contributed by atoms with Crippen LogP contribution in [-0.2, 0) is 4.79 Å². The zero-order chi connectivity index (χ0) is 13.0. The predicted octanol–water partition coefficient (Wildman–Crippen LogP) is 1.32. The number of nitrogens with two attached hydrogens (primary N) is 1. The van der Waals surface area contributed by atoms with Gasteiger partial charge in [-0.25, -0.2) is 0 Å². The van der Waals surface area contributed by atoms with E-state index in [0.717, 1.165) is 38.5 Å². The van der Waals surface area contributed by atoms with Crippen LogP contribution >= 0.6 is 0 Å². The third-order valence-corrected chi connectivity index (χ3v) is 4.61. The summed E-state index contributed by atoms with van der Waals surface area (Å²) in [5.74, 6) is 0.284. The largest absolute Gasteiger partial charge is 0.391 e. The Morgan fingerprint density at radius 1 is 1.22 bits per heavy atom. The Morgan fingerprint density at radius 3 is 2.44 bits per heavy atom. The molecule has 2 rings (SSSR count). The first-order chi connectivity index (χ1) is 8.62. The maximum atomic E-state index is 12.0. The van der Waals surface area contributed by atoms with E-state index in [-0.39, 0.29) is 5.91 Å². The molecule has 1 unspecified atom stereocenters. The number of carbonyl (C=O) groups excluding carboxylic acids is 1. The highest BCUT2D eigenvalue weighted by Crippen LogP contribution is 2.28. The molecule has 0 aromatic rings. The van der Waals surface area contributed by atoms with Crippen molar-refractivity contribution < 1.29 is 9.90 Å². The van der Waals surface area contributed by atoms with Gasteiger partial charge in [-0.3, -0.25) is 4.79 Å². The molecule has 2 fully saturated rings. The molecule has 0 heterocycles. The molecule has 4 heteroatoms. The van der Waals surface area contributed by atoms with Crippen molar-refractivity contribution in [3.63, 3.8) is 0 Å². The Labute approximate surface area is 109 Å². The maximum absolute atomic E-state index is 12.0. The number of rotatable bonds is 4. The number of aliphatic hydroxyl groups is 1. The number of hydrogen-bond acceptors (Lipinski definition) is 3. The fourth-order valence-electron chi connectivity index (χ4n) is 3.29. The zero-order valence-electron chi connectivity index (χ0n) is 11.2. The maximum Gasteiger partial charge on any atom is 0.240 e. The summed E-state index contributed by atoms with van der Waals surface area (Å²) in [6.07, 6.45) is 9.09. The van der Waals surface area contributed by atoms with Crippen LogP contribution in [0, 0.1) is 5.92 Å². The van der Waals surface area contributed by atoms with E-state index in [2.05, 4.69) is 5.32 Å². The summed E-state index contributed by atoms with van der Waals surface area (Å²) in [6.45, 7) is 0.364. The van der Waals surface area contributed by atoms with Crippen molar-refractivity contribution in [1.82, 2.24) is 5.32 Å². The first-order valence-electron chi connectivity index (χ1n) is 7.37. The molecule has 104 valence electrons. The molecule has 0 spiro atoms. The SMILES string of the molecule is NC1(C(=O)NCC(O)C2CCCCC2)CCCC1. The minimum absolute atomic E-state index is 0.0742.